The molecule has 0 aliphatic heterocycles. The van der Waals surface area contributed by atoms with E-state index in [1.54, 1.807) is 7.11 Å². The number of benzene rings is 1. The fourth-order valence-corrected chi connectivity index (χ4v) is 4.86. The van der Waals surface area contributed by atoms with Crippen LogP contribution in [0.5, 0.6) is 5.75 Å². The zero-order valence-corrected chi connectivity index (χ0v) is 20.3. The number of rotatable bonds is 5. The Morgan fingerprint density at radius 3 is 2.50 bits per heavy atom. The van der Waals surface area contributed by atoms with E-state index in [0.29, 0.717) is 11.7 Å². The summed E-state index contributed by atoms with van der Waals surface area (Å²) in [6.07, 6.45) is 2.43. The predicted octanol–water partition coefficient (Wildman–Crippen LogP) is 4.80. The van der Waals surface area contributed by atoms with Gasteiger partial charge in [-0.25, -0.2) is 9.97 Å². The SMILES string of the molecule is COc1cc2c(cc1-c1c(C)nn(C)c1C)[nH]c1nc(C)nc(Nc3cc(C4CC4)nn3C)c12. The van der Waals surface area contributed by atoms with Crippen molar-refractivity contribution in [3.05, 3.63) is 41.1 Å². The van der Waals surface area contributed by atoms with Gasteiger partial charge in [0.2, 0.25) is 0 Å². The topological polar surface area (TPSA) is 98.5 Å². The Bertz CT molecular complexity index is 1580. The van der Waals surface area contributed by atoms with E-state index in [2.05, 4.69) is 45.6 Å². The van der Waals surface area contributed by atoms with Gasteiger partial charge in [-0.3, -0.25) is 9.36 Å². The van der Waals surface area contributed by atoms with Crippen LogP contribution < -0.4 is 10.1 Å². The summed E-state index contributed by atoms with van der Waals surface area (Å²) in [4.78, 5) is 13.0. The molecule has 0 spiro atoms. The molecule has 9 nitrogen and oxygen atoms in total. The summed E-state index contributed by atoms with van der Waals surface area (Å²) in [6, 6.07) is 6.32. The number of nitrogens with one attached hydrogen (secondary N) is 2. The number of methoxy groups -OCH3 is 1. The van der Waals surface area contributed by atoms with E-state index in [9.17, 15) is 0 Å². The van der Waals surface area contributed by atoms with Gasteiger partial charge in [0.05, 0.1) is 23.9 Å². The summed E-state index contributed by atoms with van der Waals surface area (Å²) in [5, 5.41) is 14.7. The van der Waals surface area contributed by atoms with Crippen LogP contribution in [-0.2, 0) is 14.1 Å². The zero-order valence-electron chi connectivity index (χ0n) is 20.3. The standard InChI is InChI=1S/C25H28N8O/c1-12-22(13(2)32(4)30-12)17-9-19-16(10-20(17)34-6)23-24(28-19)26-14(3)27-25(23)29-21-11-18(15-7-8-15)31-33(21)5/h9-11,15H,7-8H2,1-6H3,(H2,26,27,28,29). The Hall–Kier alpha value is -3.88. The molecule has 1 saturated carbocycles. The molecule has 0 bridgehead atoms. The van der Waals surface area contributed by atoms with Crippen LogP contribution in [0.3, 0.4) is 0 Å². The number of aromatic nitrogens is 7. The summed E-state index contributed by atoms with van der Waals surface area (Å²) >= 11 is 0. The Morgan fingerprint density at radius 1 is 1.03 bits per heavy atom. The van der Waals surface area contributed by atoms with E-state index in [1.165, 1.54) is 12.8 Å². The highest BCUT2D eigenvalue weighted by Gasteiger charge is 2.27. The Balaban J connectivity index is 1.55. The average Bonchev–Trinajstić information content (AvgIpc) is 3.42. The number of fused-ring (bicyclic) bond motifs is 3. The van der Waals surface area contributed by atoms with Gasteiger partial charge in [-0.2, -0.15) is 10.2 Å². The van der Waals surface area contributed by atoms with Gasteiger partial charge in [0.15, 0.2) is 0 Å². The smallest absolute Gasteiger partial charge is 0.145 e. The van der Waals surface area contributed by atoms with Crippen molar-refractivity contribution < 1.29 is 4.74 Å². The Morgan fingerprint density at radius 2 is 1.82 bits per heavy atom. The minimum atomic E-state index is 0.587. The highest BCUT2D eigenvalue weighted by Crippen LogP contribution is 2.42. The maximum Gasteiger partial charge on any atom is 0.145 e. The second-order valence-corrected chi connectivity index (χ2v) is 9.21. The average molecular weight is 457 g/mol. The van der Waals surface area contributed by atoms with Gasteiger partial charge in [0, 0.05) is 53.8 Å². The molecule has 174 valence electrons. The lowest BCUT2D eigenvalue weighted by atomic mass is 10.0. The third-order valence-electron chi connectivity index (χ3n) is 6.80. The lowest BCUT2D eigenvalue weighted by Crippen LogP contribution is -2.03. The van der Waals surface area contributed by atoms with E-state index in [0.717, 1.165) is 67.5 Å². The molecule has 1 aromatic carbocycles. The van der Waals surface area contributed by atoms with Crippen molar-refractivity contribution in [1.82, 2.24) is 34.5 Å². The molecule has 34 heavy (non-hydrogen) atoms. The third-order valence-corrected chi connectivity index (χ3v) is 6.80. The van der Waals surface area contributed by atoms with Crippen molar-refractivity contribution in [3.63, 3.8) is 0 Å². The summed E-state index contributed by atoms with van der Waals surface area (Å²) in [7, 11) is 5.63. The molecule has 4 aromatic heterocycles. The number of hydrogen-bond acceptors (Lipinski definition) is 6. The number of aromatic amines is 1. The lowest BCUT2D eigenvalue weighted by Gasteiger charge is -2.11. The number of anilines is 2. The van der Waals surface area contributed by atoms with Crippen LogP contribution in [0.2, 0.25) is 0 Å². The van der Waals surface area contributed by atoms with Gasteiger partial charge >= 0.3 is 0 Å². The predicted molar refractivity (Wildman–Crippen MR) is 133 cm³/mol. The van der Waals surface area contributed by atoms with Crippen LogP contribution in [0.4, 0.5) is 11.6 Å². The van der Waals surface area contributed by atoms with E-state index in [-0.39, 0.29) is 0 Å². The van der Waals surface area contributed by atoms with Crippen molar-refractivity contribution in [1.29, 1.82) is 0 Å². The zero-order chi connectivity index (χ0) is 23.7. The molecule has 1 aliphatic rings. The molecular formula is C25H28N8O. The molecule has 0 unspecified atom stereocenters. The van der Waals surface area contributed by atoms with Crippen molar-refractivity contribution >= 4 is 33.6 Å². The van der Waals surface area contributed by atoms with E-state index < -0.39 is 0 Å². The van der Waals surface area contributed by atoms with Gasteiger partial charge in [-0.1, -0.05) is 0 Å². The van der Waals surface area contributed by atoms with E-state index >= 15 is 0 Å². The number of H-pyrrole nitrogens is 1. The minimum Gasteiger partial charge on any atom is -0.496 e. The van der Waals surface area contributed by atoms with Crippen LogP contribution >= 0.6 is 0 Å². The van der Waals surface area contributed by atoms with Gasteiger partial charge in [-0.15, -0.1) is 0 Å². The maximum atomic E-state index is 5.86. The van der Waals surface area contributed by atoms with Crippen molar-refractivity contribution in [3.8, 4) is 16.9 Å². The first-order valence-corrected chi connectivity index (χ1v) is 11.5. The lowest BCUT2D eigenvalue weighted by molar-refractivity contribution is 0.417. The molecule has 4 heterocycles. The Kier molecular flexibility index (Phi) is 4.45. The fraction of sp³-hybridized carbons (Fsp3) is 0.360. The molecule has 6 rings (SSSR count). The highest BCUT2D eigenvalue weighted by atomic mass is 16.5. The van der Waals surface area contributed by atoms with Crippen molar-refractivity contribution in [2.75, 3.05) is 12.4 Å². The number of ether oxygens (including phenoxy) is 1. The maximum absolute atomic E-state index is 5.86. The van der Waals surface area contributed by atoms with Crippen LogP contribution in [0, 0.1) is 20.8 Å². The first kappa shape index (κ1) is 20.7. The Labute approximate surface area is 197 Å². The number of hydrogen-bond donors (Lipinski definition) is 2. The molecule has 0 atom stereocenters. The second-order valence-electron chi connectivity index (χ2n) is 9.21. The minimum absolute atomic E-state index is 0.587. The number of aryl methyl sites for hydroxylation is 4. The van der Waals surface area contributed by atoms with E-state index in [4.69, 9.17) is 14.7 Å². The molecule has 2 N–H and O–H groups in total. The first-order valence-electron chi connectivity index (χ1n) is 11.5. The molecule has 5 aromatic rings. The molecule has 0 radical (unpaired) electrons. The monoisotopic (exact) mass is 456 g/mol. The normalized spacial score (nSPS) is 13.8. The number of nitrogens with zero attached hydrogens (tertiary/aromatic N) is 6. The summed E-state index contributed by atoms with van der Waals surface area (Å²) in [5.74, 6) is 3.74. The van der Waals surface area contributed by atoms with Crippen molar-refractivity contribution in [2.45, 2.75) is 39.5 Å². The van der Waals surface area contributed by atoms with Crippen LogP contribution in [0.25, 0.3) is 33.1 Å². The van der Waals surface area contributed by atoms with Gasteiger partial charge < -0.3 is 15.0 Å². The molecule has 1 fully saturated rings. The quantitative estimate of drug-likeness (QED) is 0.394. The highest BCUT2D eigenvalue weighted by molar-refractivity contribution is 6.13. The van der Waals surface area contributed by atoms with Crippen molar-refractivity contribution in [2.24, 2.45) is 14.1 Å². The van der Waals surface area contributed by atoms with Crippen LogP contribution in [0.1, 0.15) is 41.7 Å². The molecule has 9 heteroatoms. The van der Waals surface area contributed by atoms with Gasteiger partial charge in [-0.05, 0) is 45.7 Å². The summed E-state index contributed by atoms with van der Waals surface area (Å²) in [5.41, 5.74) is 7.04. The van der Waals surface area contributed by atoms with Gasteiger partial charge in [0.25, 0.3) is 0 Å². The summed E-state index contributed by atoms with van der Waals surface area (Å²) in [6.45, 7) is 6.01. The van der Waals surface area contributed by atoms with Gasteiger partial charge in [0.1, 0.15) is 28.9 Å². The first-order chi connectivity index (χ1) is 16.3. The second kappa shape index (κ2) is 7.31. The molecular weight excluding hydrogens is 428 g/mol. The van der Waals surface area contributed by atoms with Crippen LogP contribution in [-0.4, -0.2) is 41.6 Å². The molecule has 0 amide bonds. The molecule has 1 aliphatic carbocycles. The van der Waals surface area contributed by atoms with Crippen LogP contribution in [0.15, 0.2) is 18.2 Å². The summed E-state index contributed by atoms with van der Waals surface area (Å²) < 4.78 is 9.65. The largest absolute Gasteiger partial charge is 0.496 e. The fourth-order valence-electron chi connectivity index (χ4n) is 4.86. The van der Waals surface area contributed by atoms with E-state index in [1.807, 2.05) is 37.3 Å². The third kappa shape index (κ3) is 3.14. The molecule has 0 saturated heterocycles.